The minimum Gasteiger partial charge on any atom is -0.497 e. The van der Waals surface area contributed by atoms with Crippen LogP contribution in [0.15, 0.2) is 42.5 Å². The minimum atomic E-state index is 0.465. The maximum absolute atomic E-state index is 6.02. The first-order valence-electron chi connectivity index (χ1n) is 7.40. The van der Waals surface area contributed by atoms with E-state index in [4.69, 9.17) is 19.9 Å². The standard InChI is InChI=1S/C18H23NO3/c1-20-16-9-3-6-14(12-16)13-22-18-15(8-5-11-19)7-4-10-17(18)21-2/h3-4,6-7,9-10,12H,5,8,11,13,19H2,1-2H3. The van der Waals surface area contributed by atoms with E-state index in [0.717, 1.165) is 41.2 Å². The molecule has 4 heteroatoms. The van der Waals surface area contributed by atoms with Crippen molar-refractivity contribution in [3.63, 3.8) is 0 Å². The van der Waals surface area contributed by atoms with Gasteiger partial charge in [0.05, 0.1) is 14.2 Å². The third kappa shape index (κ3) is 4.15. The molecular weight excluding hydrogens is 278 g/mol. The summed E-state index contributed by atoms with van der Waals surface area (Å²) in [7, 11) is 3.31. The normalized spacial score (nSPS) is 10.3. The van der Waals surface area contributed by atoms with E-state index in [1.54, 1.807) is 14.2 Å². The van der Waals surface area contributed by atoms with E-state index in [0.29, 0.717) is 13.2 Å². The second kappa shape index (κ2) is 8.29. The fourth-order valence-electron chi connectivity index (χ4n) is 2.29. The molecule has 0 bridgehead atoms. The lowest BCUT2D eigenvalue weighted by atomic mass is 10.1. The van der Waals surface area contributed by atoms with Gasteiger partial charge in [-0.15, -0.1) is 0 Å². The predicted octanol–water partition coefficient (Wildman–Crippen LogP) is 3.17. The van der Waals surface area contributed by atoms with Crippen molar-refractivity contribution in [2.24, 2.45) is 5.73 Å². The van der Waals surface area contributed by atoms with E-state index in [9.17, 15) is 0 Å². The zero-order valence-corrected chi connectivity index (χ0v) is 13.2. The van der Waals surface area contributed by atoms with E-state index in [1.807, 2.05) is 36.4 Å². The number of methoxy groups -OCH3 is 2. The number of hydrogen-bond donors (Lipinski definition) is 1. The predicted molar refractivity (Wildman–Crippen MR) is 87.7 cm³/mol. The molecule has 4 nitrogen and oxygen atoms in total. The summed E-state index contributed by atoms with van der Waals surface area (Å²) in [4.78, 5) is 0. The molecule has 0 aliphatic rings. The van der Waals surface area contributed by atoms with Crippen molar-refractivity contribution >= 4 is 0 Å². The number of nitrogens with two attached hydrogens (primary N) is 1. The van der Waals surface area contributed by atoms with Crippen LogP contribution in [0.5, 0.6) is 17.2 Å². The van der Waals surface area contributed by atoms with Gasteiger partial charge in [0.1, 0.15) is 12.4 Å². The third-order valence-corrected chi connectivity index (χ3v) is 3.45. The van der Waals surface area contributed by atoms with Gasteiger partial charge in [-0.1, -0.05) is 24.3 Å². The summed E-state index contributed by atoms with van der Waals surface area (Å²) in [5.74, 6) is 2.36. The lowest BCUT2D eigenvalue weighted by Crippen LogP contribution is -2.04. The Labute approximate surface area is 131 Å². The van der Waals surface area contributed by atoms with Gasteiger partial charge >= 0.3 is 0 Å². The number of para-hydroxylation sites is 1. The van der Waals surface area contributed by atoms with E-state index in [2.05, 4.69) is 6.07 Å². The van der Waals surface area contributed by atoms with Crippen molar-refractivity contribution in [3.05, 3.63) is 53.6 Å². The van der Waals surface area contributed by atoms with E-state index in [-0.39, 0.29) is 0 Å². The van der Waals surface area contributed by atoms with E-state index < -0.39 is 0 Å². The highest BCUT2D eigenvalue weighted by Crippen LogP contribution is 2.32. The maximum Gasteiger partial charge on any atom is 0.164 e. The number of ether oxygens (including phenoxy) is 3. The van der Waals surface area contributed by atoms with Gasteiger partial charge in [-0.3, -0.25) is 0 Å². The van der Waals surface area contributed by atoms with Crippen molar-refractivity contribution in [1.29, 1.82) is 0 Å². The highest BCUT2D eigenvalue weighted by molar-refractivity contribution is 5.47. The molecule has 0 unspecified atom stereocenters. The lowest BCUT2D eigenvalue weighted by Gasteiger charge is -2.15. The summed E-state index contributed by atoms with van der Waals surface area (Å²) in [5, 5.41) is 0. The molecule has 2 N–H and O–H groups in total. The molecule has 0 aliphatic heterocycles. The second-order valence-electron chi connectivity index (χ2n) is 4.98. The molecule has 0 amide bonds. The molecule has 0 atom stereocenters. The van der Waals surface area contributed by atoms with Crippen molar-refractivity contribution in [1.82, 2.24) is 0 Å². The summed E-state index contributed by atoms with van der Waals surface area (Å²) < 4.78 is 16.7. The number of hydrogen-bond acceptors (Lipinski definition) is 4. The van der Waals surface area contributed by atoms with Gasteiger partial charge in [0.2, 0.25) is 0 Å². The van der Waals surface area contributed by atoms with Crippen LogP contribution in [-0.4, -0.2) is 20.8 Å². The average molecular weight is 301 g/mol. The van der Waals surface area contributed by atoms with Gasteiger partial charge in [0.25, 0.3) is 0 Å². The largest absolute Gasteiger partial charge is 0.497 e. The van der Waals surface area contributed by atoms with Crippen molar-refractivity contribution in [2.75, 3.05) is 20.8 Å². The average Bonchev–Trinajstić information content (AvgIpc) is 2.58. The van der Waals surface area contributed by atoms with Gasteiger partial charge in [0, 0.05) is 0 Å². The van der Waals surface area contributed by atoms with Crippen LogP contribution in [0.25, 0.3) is 0 Å². The SMILES string of the molecule is COc1cccc(COc2c(CCCN)cccc2OC)c1. The van der Waals surface area contributed by atoms with Gasteiger partial charge in [-0.2, -0.15) is 0 Å². The Morgan fingerprint density at radius 2 is 1.82 bits per heavy atom. The van der Waals surface area contributed by atoms with Crippen LogP contribution in [0.2, 0.25) is 0 Å². The summed E-state index contributed by atoms with van der Waals surface area (Å²) in [6, 6.07) is 13.8. The van der Waals surface area contributed by atoms with Gasteiger partial charge in [0.15, 0.2) is 11.5 Å². The molecule has 0 fully saturated rings. The fourth-order valence-corrected chi connectivity index (χ4v) is 2.29. The Morgan fingerprint density at radius 3 is 2.55 bits per heavy atom. The highest BCUT2D eigenvalue weighted by atomic mass is 16.5. The van der Waals surface area contributed by atoms with E-state index >= 15 is 0 Å². The van der Waals surface area contributed by atoms with Crippen LogP contribution in [0.1, 0.15) is 17.5 Å². The Balaban J connectivity index is 2.16. The van der Waals surface area contributed by atoms with Crippen LogP contribution in [0.4, 0.5) is 0 Å². The Kier molecular flexibility index (Phi) is 6.10. The first-order chi connectivity index (χ1) is 10.8. The second-order valence-corrected chi connectivity index (χ2v) is 4.98. The Morgan fingerprint density at radius 1 is 1.00 bits per heavy atom. The van der Waals surface area contributed by atoms with Crippen LogP contribution >= 0.6 is 0 Å². The zero-order valence-electron chi connectivity index (χ0n) is 13.2. The summed E-state index contributed by atoms with van der Waals surface area (Å²) in [5.41, 5.74) is 7.78. The molecule has 0 saturated carbocycles. The van der Waals surface area contributed by atoms with E-state index in [1.165, 1.54) is 0 Å². The first kappa shape index (κ1) is 16.2. The molecule has 0 spiro atoms. The Bertz CT molecular complexity index is 599. The van der Waals surface area contributed by atoms with Gasteiger partial charge in [-0.05, 0) is 48.7 Å². The molecule has 0 aliphatic carbocycles. The van der Waals surface area contributed by atoms with Crippen LogP contribution in [0.3, 0.4) is 0 Å². The lowest BCUT2D eigenvalue weighted by molar-refractivity contribution is 0.280. The van der Waals surface area contributed by atoms with Crippen molar-refractivity contribution in [3.8, 4) is 17.2 Å². The molecule has 0 heterocycles. The number of benzene rings is 2. The van der Waals surface area contributed by atoms with Crippen molar-refractivity contribution in [2.45, 2.75) is 19.4 Å². The summed E-state index contributed by atoms with van der Waals surface area (Å²) in [6.07, 6.45) is 1.80. The molecule has 0 aromatic heterocycles. The van der Waals surface area contributed by atoms with Crippen LogP contribution in [0, 0.1) is 0 Å². The topological polar surface area (TPSA) is 53.7 Å². The number of rotatable bonds is 8. The molecule has 0 saturated heterocycles. The monoisotopic (exact) mass is 301 g/mol. The first-order valence-corrected chi connectivity index (χ1v) is 7.40. The number of aryl methyl sites for hydroxylation is 1. The van der Waals surface area contributed by atoms with Crippen LogP contribution in [-0.2, 0) is 13.0 Å². The molecule has 2 aromatic carbocycles. The van der Waals surface area contributed by atoms with Crippen LogP contribution < -0.4 is 19.9 Å². The zero-order chi connectivity index (χ0) is 15.8. The molecule has 118 valence electrons. The fraction of sp³-hybridized carbons (Fsp3) is 0.333. The molecule has 2 rings (SSSR count). The smallest absolute Gasteiger partial charge is 0.164 e. The van der Waals surface area contributed by atoms with Gasteiger partial charge in [-0.25, -0.2) is 0 Å². The summed E-state index contributed by atoms with van der Waals surface area (Å²) >= 11 is 0. The van der Waals surface area contributed by atoms with Gasteiger partial charge < -0.3 is 19.9 Å². The maximum atomic E-state index is 6.02. The molecule has 22 heavy (non-hydrogen) atoms. The minimum absolute atomic E-state index is 0.465. The molecule has 0 radical (unpaired) electrons. The quantitative estimate of drug-likeness (QED) is 0.813. The molecular formula is C18H23NO3. The third-order valence-electron chi connectivity index (χ3n) is 3.45. The highest BCUT2D eigenvalue weighted by Gasteiger charge is 2.10. The Hall–Kier alpha value is -2.20. The summed E-state index contributed by atoms with van der Waals surface area (Å²) in [6.45, 7) is 1.12. The van der Waals surface area contributed by atoms with Crippen molar-refractivity contribution < 1.29 is 14.2 Å². The molecule has 2 aromatic rings.